The van der Waals surface area contributed by atoms with Crippen molar-refractivity contribution in [2.75, 3.05) is 6.54 Å². The van der Waals surface area contributed by atoms with E-state index < -0.39 is 0 Å². The SMILES string of the molecule is C[C@H](NC1CCCC1CN)c1cccc(Br)c1. The van der Waals surface area contributed by atoms with Gasteiger partial charge in [-0.05, 0) is 49.9 Å². The lowest BCUT2D eigenvalue weighted by atomic mass is 10.0. The molecule has 0 heterocycles. The first-order chi connectivity index (χ1) is 8.20. The molecular weight excluding hydrogens is 276 g/mol. The number of halogens is 1. The fraction of sp³-hybridized carbons (Fsp3) is 0.571. The maximum Gasteiger partial charge on any atom is 0.0294 e. The van der Waals surface area contributed by atoms with Crippen molar-refractivity contribution in [3.63, 3.8) is 0 Å². The lowest BCUT2D eigenvalue weighted by Crippen LogP contribution is -2.37. The largest absolute Gasteiger partial charge is 0.330 e. The van der Waals surface area contributed by atoms with E-state index in [1.807, 2.05) is 0 Å². The van der Waals surface area contributed by atoms with E-state index in [4.69, 9.17) is 5.73 Å². The first-order valence-electron chi connectivity index (χ1n) is 6.42. The minimum atomic E-state index is 0.393. The van der Waals surface area contributed by atoms with Crippen molar-refractivity contribution < 1.29 is 0 Å². The van der Waals surface area contributed by atoms with E-state index >= 15 is 0 Å². The zero-order valence-electron chi connectivity index (χ0n) is 10.3. The minimum absolute atomic E-state index is 0.393. The van der Waals surface area contributed by atoms with E-state index in [1.54, 1.807) is 0 Å². The summed E-state index contributed by atoms with van der Waals surface area (Å²) in [5.41, 5.74) is 7.15. The number of benzene rings is 1. The van der Waals surface area contributed by atoms with E-state index in [2.05, 4.69) is 52.4 Å². The summed E-state index contributed by atoms with van der Waals surface area (Å²) in [6.07, 6.45) is 3.85. The third-order valence-corrected chi connectivity index (χ3v) is 4.27. The van der Waals surface area contributed by atoms with Crippen molar-refractivity contribution in [2.45, 2.75) is 38.3 Å². The van der Waals surface area contributed by atoms with Gasteiger partial charge in [0.1, 0.15) is 0 Å². The molecule has 2 nitrogen and oxygen atoms in total. The Balaban J connectivity index is 1.99. The molecule has 1 saturated carbocycles. The number of hydrogen-bond acceptors (Lipinski definition) is 2. The second-order valence-electron chi connectivity index (χ2n) is 4.98. The van der Waals surface area contributed by atoms with Gasteiger partial charge in [0.25, 0.3) is 0 Å². The molecule has 1 aliphatic rings. The Hall–Kier alpha value is -0.380. The molecule has 0 aromatic heterocycles. The lowest BCUT2D eigenvalue weighted by Gasteiger charge is -2.24. The van der Waals surface area contributed by atoms with Crippen molar-refractivity contribution in [3.05, 3.63) is 34.3 Å². The van der Waals surface area contributed by atoms with Gasteiger partial charge in [-0.1, -0.05) is 34.5 Å². The summed E-state index contributed by atoms with van der Waals surface area (Å²) in [6.45, 7) is 3.04. The van der Waals surface area contributed by atoms with Gasteiger partial charge in [-0.25, -0.2) is 0 Å². The van der Waals surface area contributed by atoms with E-state index in [1.165, 1.54) is 24.8 Å². The van der Waals surface area contributed by atoms with Crippen LogP contribution in [0.2, 0.25) is 0 Å². The monoisotopic (exact) mass is 296 g/mol. The van der Waals surface area contributed by atoms with Gasteiger partial charge >= 0.3 is 0 Å². The van der Waals surface area contributed by atoms with Crippen LogP contribution in [0.15, 0.2) is 28.7 Å². The Morgan fingerprint density at radius 2 is 2.29 bits per heavy atom. The zero-order chi connectivity index (χ0) is 12.3. The molecule has 0 amide bonds. The Morgan fingerprint density at radius 3 is 3.00 bits per heavy atom. The van der Waals surface area contributed by atoms with Gasteiger partial charge in [-0.3, -0.25) is 0 Å². The average molecular weight is 297 g/mol. The Morgan fingerprint density at radius 1 is 1.47 bits per heavy atom. The van der Waals surface area contributed by atoms with Crippen LogP contribution in [-0.2, 0) is 0 Å². The van der Waals surface area contributed by atoms with Crippen molar-refractivity contribution in [3.8, 4) is 0 Å². The standard InChI is InChI=1S/C14H21BrN2/c1-10(11-4-2-6-13(15)8-11)17-14-7-3-5-12(14)9-16/h2,4,6,8,10,12,14,17H,3,5,7,9,16H2,1H3/t10-,12?,14?/m0/s1. The van der Waals surface area contributed by atoms with Crippen LogP contribution in [0, 0.1) is 5.92 Å². The highest BCUT2D eigenvalue weighted by Gasteiger charge is 2.27. The quantitative estimate of drug-likeness (QED) is 0.895. The van der Waals surface area contributed by atoms with Crippen LogP contribution < -0.4 is 11.1 Å². The maximum absolute atomic E-state index is 5.82. The molecule has 17 heavy (non-hydrogen) atoms. The first-order valence-corrected chi connectivity index (χ1v) is 7.21. The normalized spacial score (nSPS) is 26.1. The van der Waals surface area contributed by atoms with Crippen molar-refractivity contribution in [2.24, 2.45) is 11.7 Å². The summed E-state index contributed by atoms with van der Waals surface area (Å²) in [5, 5.41) is 3.72. The number of nitrogens with two attached hydrogens (primary N) is 1. The fourth-order valence-electron chi connectivity index (χ4n) is 2.73. The third-order valence-electron chi connectivity index (χ3n) is 3.77. The molecule has 2 rings (SSSR count). The molecule has 1 aromatic carbocycles. The van der Waals surface area contributed by atoms with Crippen molar-refractivity contribution in [1.29, 1.82) is 0 Å². The molecule has 2 unspecified atom stereocenters. The predicted molar refractivity (Wildman–Crippen MR) is 75.9 cm³/mol. The van der Waals surface area contributed by atoms with Crippen LogP contribution in [0.1, 0.15) is 37.8 Å². The molecule has 3 heteroatoms. The number of rotatable bonds is 4. The molecule has 0 bridgehead atoms. The molecule has 1 aliphatic carbocycles. The summed E-state index contributed by atoms with van der Waals surface area (Å²) in [7, 11) is 0. The fourth-order valence-corrected chi connectivity index (χ4v) is 3.15. The van der Waals surface area contributed by atoms with Gasteiger partial charge in [0, 0.05) is 16.6 Å². The van der Waals surface area contributed by atoms with Crippen LogP contribution in [0.5, 0.6) is 0 Å². The van der Waals surface area contributed by atoms with Gasteiger partial charge in [0.15, 0.2) is 0 Å². The van der Waals surface area contributed by atoms with Crippen LogP contribution in [0.4, 0.5) is 0 Å². The predicted octanol–water partition coefficient (Wildman–Crippen LogP) is 3.23. The maximum atomic E-state index is 5.82. The summed E-state index contributed by atoms with van der Waals surface area (Å²) in [5.74, 6) is 0.657. The number of hydrogen-bond donors (Lipinski definition) is 2. The van der Waals surface area contributed by atoms with Crippen LogP contribution in [-0.4, -0.2) is 12.6 Å². The Bertz CT molecular complexity index is 367. The zero-order valence-corrected chi connectivity index (χ0v) is 11.9. The highest BCUT2D eigenvalue weighted by atomic mass is 79.9. The smallest absolute Gasteiger partial charge is 0.0294 e. The first kappa shape index (κ1) is 13.1. The van der Waals surface area contributed by atoms with Crippen molar-refractivity contribution >= 4 is 15.9 Å². The molecule has 3 atom stereocenters. The molecule has 0 saturated heterocycles. The minimum Gasteiger partial charge on any atom is -0.330 e. The summed E-state index contributed by atoms with van der Waals surface area (Å²) < 4.78 is 1.14. The van der Waals surface area contributed by atoms with Gasteiger partial charge in [0.05, 0.1) is 0 Å². The van der Waals surface area contributed by atoms with Crippen LogP contribution >= 0.6 is 15.9 Å². The van der Waals surface area contributed by atoms with E-state index in [0.29, 0.717) is 18.0 Å². The van der Waals surface area contributed by atoms with Gasteiger partial charge < -0.3 is 11.1 Å². The Labute approximate surface area is 112 Å². The van der Waals surface area contributed by atoms with Crippen molar-refractivity contribution in [1.82, 2.24) is 5.32 Å². The second kappa shape index (κ2) is 5.98. The van der Waals surface area contributed by atoms with Crippen LogP contribution in [0.3, 0.4) is 0 Å². The molecule has 0 spiro atoms. The molecule has 0 radical (unpaired) electrons. The van der Waals surface area contributed by atoms with Crippen LogP contribution in [0.25, 0.3) is 0 Å². The molecule has 1 aromatic rings. The summed E-state index contributed by atoms with van der Waals surface area (Å²) in [6, 6.07) is 9.50. The molecule has 3 N–H and O–H groups in total. The highest BCUT2D eigenvalue weighted by Crippen LogP contribution is 2.27. The van der Waals surface area contributed by atoms with E-state index in [-0.39, 0.29) is 0 Å². The topological polar surface area (TPSA) is 38.0 Å². The van der Waals surface area contributed by atoms with E-state index in [0.717, 1.165) is 11.0 Å². The molecule has 0 aliphatic heterocycles. The van der Waals surface area contributed by atoms with Gasteiger partial charge in [-0.15, -0.1) is 0 Å². The Kier molecular flexibility index (Phi) is 4.60. The molecule has 94 valence electrons. The second-order valence-corrected chi connectivity index (χ2v) is 5.89. The summed E-state index contributed by atoms with van der Waals surface area (Å²) in [4.78, 5) is 0. The van der Waals surface area contributed by atoms with Gasteiger partial charge in [0.2, 0.25) is 0 Å². The van der Waals surface area contributed by atoms with E-state index in [9.17, 15) is 0 Å². The van der Waals surface area contributed by atoms with Gasteiger partial charge in [-0.2, -0.15) is 0 Å². The highest BCUT2D eigenvalue weighted by molar-refractivity contribution is 9.10. The third kappa shape index (κ3) is 3.30. The average Bonchev–Trinajstić information content (AvgIpc) is 2.76. The number of nitrogens with one attached hydrogen (secondary N) is 1. The summed E-state index contributed by atoms with van der Waals surface area (Å²) >= 11 is 3.52. The molecule has 1 fully saturated rings. The molecular formula is C14H21BrN2. The lowest BCUT2D eigenvalue weighted by molar-refractivity contribution is 0.373.